The van der Waals surface area contributed by atoms with Crippen LogP contribution in [0.4, 0.5) is 5.95 Å². The first-order chi connectivity index (χ1) is 8.49. The standard InChI is InChI=1S/C10H7BrClN3O2S/c11-8-6-13-10(14-9(8)12)15-18(16,17)7-4-2-1-3-5-7/h1-6H,(H,13,14,15). The summed E-state index contributed by atoms with van der Waals surface area (Å²) in [5.74, 6) is -0.0768. The molecule has 0 aliphatic carbocycles. The summed E-state index contributed by atoms with van der Waals surface area (Å²) in [6.07, 6.45) is 1.37. The molecule has 0 saturated heterocycles. The smallest absolute Gasteiger partial charge is 0.247 e. The summed E-state index contributed by atoms with van der Waals surface area (Å²) in [5.41, 5.74) is 0. The second kappa shape index (κ2) is 5.21. The fourth-order valence-corrected chi connectivity index (χ4v) is 2.47. The summed E-state index contributed by atoms with van der Waals surface area (Å²) >= 11 is 8.88. The number of rotatable bonds is 3. The molecule has 0 unspecified atom stereocenters. The summed E-state index contributed by atoms with van der Waals surface area (Å²) in [4.78, 5) is 7.75. The van der Waals surface area contributed by atoms with Crippen LogP contribution in [0, 0.1) is 0 Å². The quantitative estimate of drug-likeness (QED) is 0.866. The van der Waals surface area contributed by atoms with Crippen molar-refractivity contribution in [3.8, 4) is 0 Å². The Labute approximate surface area is 117 Å². The molecule has 0 aliphatic rings. The highest BCUT2D eigenvalue weighted by molar-refractivity contribution is 9.10. The number of benzene rings is 1. The highest BCUT2D eigenvalue weighted by Crippen LogP contribution is 2.21. The molecule has 2 aromatic rings. The lowest BCUT2D eigenvalue weighted by molar-refractivity contribution is 0.601. The van der Waals surface area contributed by atoms with Crippen LogP contribution in [0.2, 0.25) is 5.15 Å². The minimum atomic E-state index is -3.69. The molecule has 0 saturated carbocycles. The molecule has 94 valence electrons. The van der Waals surface area contributed by atoms with Gasteiger partial charge in [-0.25, -0.2) is 18.1 Å². The molecule has 1 aromatic carbocycles. The molecule has 0 bridgehead atoms. The Balaban J connectivity index is 2.31. The molecule has 0 radical (unpaired) electrons. The minimum absolute atomic E-state index is 0.0768. The van der Waals surface area contributed by atoms with Gasteiger partial charge in [0.15, 0.2) is 0 Å². The fraction of sp³-hybridized carbons (Fsp3) is 0. The molecule has 0 atom stereocenters. The van der Waals surface area contributed by atoms with Gasteiger partial charge in [0.2, 0.25) is 5.95 Å². The Kier molecular flexibility index (Phi) is 3.84. The Morgan fingerprint density at radius 3 is 2.50 bits per heavy atom. The van der Waals surface area contributed by atoms with Crippen molar-refractivity contribution in [3.05, 3.63) is 46.2 Å². The lowest BCUT2D eigenvalue weighted by Gasteiger charge is -2.06. The van der Waals surface area contributed by atoms with Crippen molar-refractivity contribution in [1.82, 2.24) is 9.97 Å². The van der Waals surface area contributed by atoms with Gasteiger partial charge in [0, 0.05) is 6.20 Å². The highest BCUT2D eigenvalue weighted by Gasteiger charge is 2.15. The SMILES string of the molecule is O=S(=O)(Nc1ncc(Br)c(Cl)n1)c1ccccc1. The third kappa shape index (κ3) is 2.98. The second-order valence-electron chi connectivity index (χ2n) is 3.25. The Morgan fingerprint density at radius 2 is 1.89 bits per heavy atom. The van der Waals surface area contributed by atoms with Gasteiger partial charge in [0.1, 0.15) is 5.15 Å². The van der Waals surface area contributed by atoms with E-state index in [0.29, 0.717) is 4.47 Å². The highest BCUT2D eigenvalue weighted by atomic mass is 79.9. The van der Waals surface area contributed by atoms with Crippen molar-refractivity contribution in [3.63, 3.8) is 0 Å². The van der Waals surface area contributed by atoms with Gasteiger partial charge in [-0.3, -0.25) is 0 Å². The summed E-state index contributed by atoms with van der Waals surface area (Å²) < 4.78 is 26.6. The fourth-order valence-electron chi connectivity index (χ4n) is 1.17. The van der Waals surface area contributed by atoms with Crippen molar-refractivity contribution >= 4 is 43.5 Å². The zero-order valence-electron chi connectivity index (χ0n) is 8.84. The summed E-state index contributed by atoms with van der Waals surface area (Å²) in [6, 6.07) is 7.94. The molecular weight excluding hydrogens is 342 g/mol. The van der Waals surface area contributed by atoms with Gasteiger partial charge in [0.25, 0.3) is 10.0 Å². The molecule has 1 N–H and O–H groups in total. The maximum absolute atomic E-state index is 12.0. The molecule has 2 rings (SSSR count). The molecule has 18 heavy (non-hydrogen) atoms. The van der Waals surface area contributed by atoms with Crippen LogP contribution in [0.15, 0.2) is 45.9 Å². The predicted molar refractivity (Wildman–Crippen MR) is 72.0 cm³/mol. The largest absolute Gasteiger partial charge is 0.264 e. The summed E-state index contributed by atoms with van der Waals surface area (Å²) in [5, 5.41) is 0.135. The summed E-state index contributed by atoms with van der Waals surface area (Å²) in [6.45, 7) is 0. The van der Waals surface area contributed by atoms with Crippen molar-refractivity contribution in [2.75, 3.05) is 4.72 Å². The third-order valence-electron chi connectivity index (χ3n) is 1.98. The van der Waals surface area contributed by atoms with E-state index in [1.165, 1.54) is 18.3 Å². The van der Waals surface area contributed by atoms with E-state index >= 15 is 0 Å². The average molecular weight is 349 g/mol. The van der Waals surface area contributed by atoms with Gasteiger partial charge in [-0.2, -0.15) is 4.98 Å². The van der Waals surface area contributed by atoms with Crippen LogP contribution in [0.3, 0.4) is 0 Å². The molecule has 0 fully saturated rings. The van der Waals surface area contributed by atoms with E-state index in [9.17, 15) is 8.42 Å². The first-order valence-electron chi connectivity index (χ1n) is 4.75. The molecule has 5 nitrogen and oxygen atoms in total. The third-order valence-corrected chi connectivity index (χ3v) is 4.42. The number of halogens is 2. The van der Waals surface area contributed by atoms with Gasteiger partial charge < -0.3 is 0 Å². The zero-order valence-corrected chi connectivity index (χ0v) is 12.0. The maximum atomic E-state index is 12.0. The van der Waals surface area contributed by atoms with Crippen LogP contribution in [-0.2, 0) is 10.0 Å². The summed E-state index contributed by atoms with van der Waals surface area (Å²) in [7, 11) is -3.69. The van der Waals surface area contributed by atoms with Crippen molar-refractivity contribution < 1.29 is 8.42 Å². The van der Waals surface area contributed by atoms with E-state index in [2.05, 4.69) is 30.6 Å². The topological polar surface area (TPSA) is 72.0 Å². The minimum Gasteiger partial charge on any atom is -0.247 e. The van der Waals surface area contributed by atoms with E-state index in [-0.39, 0.29) is 16.0 Å². The van der Waals surface area contributed by atoms with Crippen LogP contribution in [0.1, 0.15) is 0 Å². The van der Waals surface area contributed by atoms with Crippen LogP contribution in [0.5, 0.6) is 0 Å². The first-order valence-corrected chi connectivity index (χ1v) is 7.40. The lowest BCUT2D eigenvalue weighted by Crippen LogP contribution is -2.14. The number of hydrogen-bond acceptors (Lipinski definition) is 4. The number of hydrogen-bond donors (Lipinski definition) is 1. The van der Waals surface area contributed by atoms with Crippen LogP contribution in [-0.4, -0.2) is 18.4 Å². The molecule has 1 aromatic heterocycles. The van der Waals surface area contributed by atoms with E-state index in [4.69, 9.17) is 11.6 Å². The first kappa shape index (κ1) is 13.3. The van der Waals surface area contributed by atoms with E-state index in [1.807, 2.05) is 0 Å². The van der Waals surface area contributed by atoms with E-state index in [0.717, 1.165) is 0 Å². The van der Waals surface area contributed by atoms with Crippen LogP contribution >= 0.6 is 27.5 Å². The van der Waals surface area contributed by atoms with Crippen molar-refractivity contribution in [2.24, 2.45) is 0 Å². The second-order valence-corrected chi connectivity index (χ2v) is 6.15. The van der Waals surface area contributed by atoms with Gasteiger partial charge in [-0.05, 0) is 28.1 Å². The van der Waals surface area contributed by atoms with Crippen LogP contribution in [0.25, 0.3) is 0 Å². The monoisotopic (exact) mass is 347 g/mol. The Morgan fingerprint density at radius 1 is 1.22 bits per heavy atom. The number of nitrogens with one attached hydrogen (secondary N) is 1. The number of sulfonamides is 1. The van der Waals surface area contributed by atoms with Gasteiger partial charge in [-0.15, -0.1) is 0 Å². The molecule has 0 spiro atoms. The molecule has 8 heteroatoms. The normalized spacial score (nSPS) is 11.2. The van der Waals surface area contributed by atoms with Gasteiger partial charge >= 0.3 is 0 Å². The average Bonchev–Trinajstić information content (AvgIpc) is 2.35. The Bertz CT molecular complexity index is 664. The lowest BCUT2D eigenvalue weighted by atomic mass is 10.4. The zero-order chi connectivity index (χ0) is 13.2. The molecule has 0 amide bonds. The number of aromatic nitrogens is 2. The predicted octanol–water partition coefficient (Wildman–Crippen LogP) is 2.69. The van der Waals surface area contributed by atoms with E-state index < -0.39 is 10.0 Å². The van der Waals surface area contributed by atoms with E-state index in [1.54, 1.807) is 18.2 Å². The molecular formula is C10H7BrClN3O2S. The van der Waals surface area contributed by atoms with Gasteiger partial charge in [-0.1, -0.05) is 29.8 Å². The Hall–Kier alpha value is -1.18. The molecule has 1 heterocycles. The number of anilines is 1. The van der Waals surface area contributed by atoms with Crippen molar-refractivity contribution in [2.45, 2.75) is 4.90 Å². The van der Waals surface area contributed by atoms with Crippen LogP contribution < -0.4 is 4.72 Å². The van der Waals surface area contributed by atoms with Gasteiger partial charge in [0.05, 0.1) is 9.37 Å². The van der Waals surface area contributed by atoms with Crippen molar-refractivity contribution in [1.29, 1.82) is 0 Å². The number of nitrogens with zero attached hydrogens (tertiary/aromatic N) is 2. The molecule has 0 aliphatic heterocycles. The maximum Gasteiger partial charge on any atom is 0.264 e.